The summed E-state index contributed by atoms with van der Waals surface area (Å²) in [5.41, 5.74) is 7.71. The molecule has 5 nitrogen and oxygen atoms in total. The molecule has 3 N–H and O–H groups in total. The fourth-order valence-electron chi connectivity index (χ4n) is 1.46. The molecule has 0 fully saturated rings. The number of aromatic nitrogens is 2. The number of hydrogen-bond donors (Lipinski definition) is 2. The van der Waals surface area contributed by atoms with Gasteiger partial charge in [0.1, 0.15) is 0 Å². The van der Waals surface area contributed by atoms with Crippen molar-refractivity contribution in [3.63, 3.8) is 0 Å². The van der Waals surface area contributed by atoms with E-state index in [1.807, 2.05) is 27.8 Å². The van der Waals surface area contributed by atoms with Gasteiger partial charge in [0, 0.05) is 25.3 Å². The van der Waals surface area contributed by atoms with Crippen LogP contribution in [-0.4, -0.2) is 28.3 Å². The zero-order chi connectivity index (χ0) is 11.6. The number of nitrogens with zero attached hydrogens (tertiary/aromatic N) is 2. The zero-order valence-corrected chi connectivity index (χ0v) is 10.9. The molecule has 1 rings (SSSR count). The topological polar surface area (TPSA) is 72.9 Å². The highest BCUT2D eigenvalue weighted by atomic mass is 35.5. The molecule has 0 spiro atoms. The second kappa shape index (κ2) is 5.86. The molecule has 0 aliphatic rings. The molecule has 92 valence electrons. The molecule has 1 amide bonds. The van der Waals surface area contributed by atoms with E-state index >= 15 is 0 Å². The second-order valence-corrected chi connectivity index (χ2v) is 3.78. The van der Waals surface area contributed by atoms with E-state index in [0.717, 1.165) is 11.4 Å². The summed E-state index contributed by atoms with van der Waals surface area (Å²) in [6.45, 7) is 6.01. The molecule has 0 unspecified atom stereocenters. The van der Waals surface area contributed by atoms with Crippen molar-refractivity contribution < 1.29 is 4.79 Å². The van der Waals surface area contributed by atoms with E-state index < -0.39 is 0 Å². The number of rotatable bonds is 3. The van der Waals surface area contributed by atoms with E-state index in [-0.39, 0.29) is 24.4 Å². The second-order valence-electron chi connectivity index (χ2n) is 3.78. The molecule has 0 saturated carbocycles. The molecule has 1 aromatic heterocycles. The first-order valence-corrected chi connectivity index (χ1v) is 4.98. The molecular weight excluding hydrogens is 228 g/mol. The lowest BCUT2D eigenvalue weighted by atomic mass is 10.1. The van der Waals surface area contributed by atoms with Crippen molar-refractivity contribution >= 4 is 18.3 Å². The SMILES string of the molecule is Cc1nn(C)c(C)c1C(=O)N[C@H](C)CN.Cl. The minimum atomic E-state index is -0.101. The van der Waals surface area contributed by atoms with E-state index in [1.165, 1.54) is 0 Å². The van der Waals surface area contributed by atoms with Gasteiger partial charge in [0.2, 0.25) is 0 Å². The van der Waals surface area contributed by atoms with Crippen molar-refractivity contribution in [1.29, 1.82) is 0 Å². The monoisotopic (exact) mass is 246 g/mol. The van der Waals surface area contributed by atoms with E-state index in [4.69, 9.17) is 5.73 Å². The number of carbonyl (C=O) groups is 1. The number of nitrogens with one attached hydrogen (secondary N) is 1. The summed E-state index contributed by atoms with van der Waals surface area (Å²) >= 11 is 0. The first-order valence-electron chi connectivity index (χ1n) is 4.98. The van der Waals surface area contributed by atoms with Crippen LogP contribution in [0.1, 0.15) is 28.7 Å². The van der Waals surface area contributed by atoms with Gasteiger partial charge in [-0.05, 0) is 20.8 Å². The predicted octanol–water partition coefficient (Wildman–Crippen LogP) is 0.536. The van der Waals surface area contributed by atoms with Crippen LogP contribution >= 0.6 is 12.4 Å². The van der Waals surface area contributed by atoms with Crippen LogP contribution in [0.25, 0.3) is 0 Å². The first-order chi connectivity index (χ1) is 6.97. The summed E-state index contributed by atoms with van der Waals surface area (Å²) in [6.07, 6.45) is 0. The summed E-state index contributed by atoms with van der Waals surface area (Å²) < 4.78 is 1.71. The summed E-state index contributed by atoms with van der Waals surface area (Å²) in [4.78, 5) is 11.8. The summed E-state index contributed by atoms with van der Waals surface area (Å²) in [7, 11) is 1.82. The Balaban J connectivity index is 0.00000225. The summed E-state index contributed by atoms with van der Waals surface area (Å²) in [6, 6.07) is -0.0171. The van der Waals surface area contributed by atoms with Crippen LogP contribution in [0.3, 0.4) is 0 Å². The van der Waals surface area contributed by atoms with Gasteiger partial charge in [-0.2, -0.15) is 5.10 Å². The van der Waals surface area contributed by atoms with E-state index in [1.54, 1.807) is 4.68 Å². The average Bonchev–Trinajstić information content (AvgIpc) is 2.41. The fraction of sp³-hybridized carbons (Fsp3) is 0.600. The zero-order valence-electron chi connectivity index (χ0n) is 10.1. The van der Waals surface area contributed by atoms with Gasteiger partial charge in [0.05, 0.1) is 11.3 Å². The molecule has 16 heavy (non-hydrogen) atoms. The van der Waals surface area contributed by atoms with Crippen molar-refractivity contribution in [2.45, 2.75) is 26.8 Å². The summed E-state index contributed by atoms with van der Waals surface area (Å²) in [5.74, 6) is -0.101. The number of aryl methyl sites for hydroxylation is 2. The lowest BCUT2D eigenvalue weighted by Crippen LogP contribution is -2.38. The lowest BCUT2D eigenvalue weighted by Gasteiger charge is -2.11. The van der Waals surface area contributed by atoms with E-state index in [9.17, 15) is 4.79 Å². The molecule has 1 atom stereocenters. The first kappa shape index (κ1) is 14.9. The maximum absolute atomic E-state index is 11.8. The van der Waals surface area contributed by atoms with Gasteiger partial charge in [0.15, 0.2) is 0 Å². The lowest BCUT2D eigenvalue weighted by molar-refractivity contribution is 0.0940. The Morgan fingerprint density at radius 2 is 2.12 bits per heavy atom. The Bertz CT molecular complexity index is 375. The molecule has 1 aromatic rings. The van der Waals surface area contributed by atoms with Crippen molar-refractivity contribution in [3.8, 4) is 0 Å². The Hall–Kier alpha value is -1.07. The molecule has 0 aromatic carbocycles. The Morgan fingerprint density at radius 1 is 1.56 bits per heavy atom. The van der Waals surface area contributed by atoms with Gasteiger partial charge in [0.25, 0.3) is 5.91 Å². The van der Waals surface area contributed by atoms with Crippen molar-refractivity contribution in [1.82, 2.24) is 15.1 Å². The van der Waals surface area contributed by atoms with Crippen LogP contribution < -0.4 is 11.1 Å². The average molecular weight is 247 g/mol. The van der Waals surface area contributed by atoms with Crippen molar-refractivity contribution in [3.05, 3.63) is 17.0 Å². The number of hydrogen-bond acceptors (Lipinski definition) is 3. The highest BCUT2D eigenvalue weighted by Gasteiger charge is 2.17. The number of amides is 1. The van der Waals surface area contributed by atoms with Gasteiger partial charge in [-0.1, -0.05) is 0 Å². The van der Waals surface area contributed by atoms with Gasteiger partial charge in [-0.25, -0.2) is 0 Å². The van der Waals surface area contributed by atoms with Crippen LogP contribution in [0.15, 0.2) is 0 Å². The van der Waals surface area contributed by atoms with Gasteiger partial charge in [-0.3, -0.25) is 9.48 Å². The minimum absolute atomic E-state index is 0. The highest BCUT2D eigenvalue weighted by Crippen LogP contribution is 2.11. The van der Waals surface area contributed by atoms with Gasteiger partial charge >= 0.3 is 0 Å². The number of halogens is 1. The van der Waals surface area contributed by atoms with Crippen LogP contribution in [0.5, 0.6) is 0 Å². The Labute approximate surface area is 102 Å². The highest BCUT2D eigenvalue weighted by molar-refractivity contribution is 5.96. The van der Waals surface area contributed by atoms with Crippen LogP contribution in [0.2, 0.25) is 0 Å². The maximum atomic E-state index is 11.8. The fourth-order valence-corrected chi connectivity index (χ4v) is 1.46. The molecule has 6 heteroatoms. The van der Waals surface area contributed by atoms with Gasteiger partial charge < -0.3 is 11.1 Å². The van der Waals surface area contributed by atoms with Crippen molar-refractivity contribution in [2.24, 2.45) is 12.8 Å². The Morgan fingerprint density at radius 3 is 2.50 bits per heavy atom. The van der Waals surface area contributed by atoms with Crippen LogP contribution in [0, 0.1) is 13.8 Å². The maximum Gasteiger partial charge on any atom is 0.255 e. The third-order valence-electron chi connectivity index (χ3n) is 2.47. The van der Waals surface area contributed by atoms with Gasteiger partial charge in [-0.15, -0.1) is 12.4 Å². The largest absolute Gasteiger partial charge is 0.348 e. The minimum Gasteiger partial charge on any atom is -0.348 e. The molecule has 0 radical (unpaired) electrons. The molecular formula is C10H19ClN4O. The normalized spacial score (nSPS) is 11.8. The molecule has 1 heterocycles. The third-order valence-corrected chi connectivity index (χ3v) is 2.47. The van der Waals surface area contributed by atoms with E-state index in [0.29, 0.717) is 12.1 Å². The molecule has 0 aliphatic carbocycles. The van der Waals surface area contributed by atoms with Crippen LogP contribution in [0.4, 0.5) is 0 Å². The smallest absolute Gasteiger partial charge is 0.255 e. The van der Waals surface area contributed by atoms with E-state index in [2.05, 4.69) is 10.4 Å². The Kier molecular flexibility index (Phi) is 5.47. The predicted molar refractivity (Wildman–Crippen MR) is 65.9 cm³/mol. The molecule has 0 saturated heterocycles. The number of carbonyl (C=O) groups excluding carboxylic acids is 1. The summed E-state index contributed by atoms with van der Waals surface area (Å²) in [5, 5.41) is 7.01. The third kappa shape index (κ3) is 2.96. The van der Waals surface area contributed by atoms with Crippen molar-refractivity contribution in [2.75, 3.05) is 6.54 Å². The quantitative estimate of drug-likeness (QED) is 0.818. The molecule has 0 bridgehead atoms. The standard InChI is InChI=1S/C10H18N4O.ClH/c1-6(5-11)12-10(15)9-7(2)13-14(4)8(9)3;/h6H,5,11H2,1-4H3,(H,12,15);1H/t6-;/m1./s1. The number of nitrogens with two attached hydrogens (primary N) is 1. The van der Waals surface area contributed by atoms with Crippen LogP contribution in [-0.2, 0) is 7.05 Å². The molecule has 0 aliphatic heterocycles.